The molecule has 0 aliphatic carbocycles. The molecule has 1 aromatic heterocycles. The van der Waals surface area contributed by atoms with Gasteiger partial charge in [-0.05, 0) is 51.1 Å². The number of rotatable bonds is 5. The zero-order chi connectivity index (χ0) is 14.7. The van der Waals surface area contributed by atoms with E-state index in [4.69, 9.17) is 0 Å². The minimum atomic E-state index is 0.264. The molecule has 0 aliphatic rings. The summed E-state index contributed by atoms with van der Waals surface area (Å²) >= 11 is 3.66. The van der Waals surface area contributed by atoms with Crippen LogP contribution in [0.25, 0.3) is 0 Å². The van der Waals surface area contributed by atoms with E-state index < -0.39 is 0 Å². The second-order valence-electron chi connectivity index (χ2n) is 5.45. The molecule has 1 aromatic carbocycles. The van der Waals surface area contributed by atoms with Gasteiger partial charge in [0.1, 0.15) is 0 Å². The van der Waals surface area contributed by atoms with E-state index in [1.807, 2.05) is 11.7 Å². The first kappa shape index (κ1) is 15.3. The van der Waals surface area contributed by atoms with Crippen LogP contribution >= 0.6 is 15.9 Å². The summed E-state index contributed by atoms with van der Waals surface area (Å²) in [6, 6.07) is 9.26. The van der Waals surface area contributed by atoms with Gasteiger partial charge in [0.2, 0.25) is 0 Å². The van der Waals surface area contributed by atoms with Crippen LogP contribution in [0.4, 0.5) is 0 Å². The first-order chi connectivity index (χ1) is 9.51. The zero-order valence-electron chi connectivity index (χ0n) is 12.5. The molecule has 2 rings (SSSR count). The third-order valence-electron chi connectivity index (χ3n) is 3.49. The van der Waals surface area contributed by atoms with E-state index in [2.05, 4.69) is 77.6 Å². The maximum atomic E-state index is 4.63. The minimum Gasteiger partial charge on any atom is -0.313 e. The number of likely N-dealkylation sites (N-methyl/N-ethyl adjacent to an activating group) is 1. The number of nitrogens with one attached hydrogen (secondary N) is 1. The van der Waals surface area contributed by atoms with Gasteiger partial charge in [0.15, 0.2) is 0 Å². The van der Waals surface area contributed by atoms with E-state index in [0.717, 1.165) is 16.6 Å². The van der Waals surface area contributed by atoms with E-state index in [0.29, 0.717) is 6.04 Å². The van der Waals surface area contributed by atoms with Crippen LogP contribution in [0.3, 0.4) is 0 Å². The lowest BCUT2D eigenvalue weighted by atomic mass is 10.0. The second kappa shape index (κ2) is 6.55. The smallest absolute Gasteiger partial charge is 0.0643 e. The standard InChI is InChI=1S/C16H22BrN3/c1-11(2)20-8-7-13(19-20)10-16(18-4)14-6-5-12(3)9-15(14)17/h5-9,11,16,18H,10H2,1-4H3. The summed E-state index contributed by atoms with van der Waals surface area (Å²) in [5, 5.41) is 8.02. The third-order valence-corrected chi connectivity index (χ3v) is 4.17. The summed E-state index contributed by atoms with van der Waals surface area (Å²) in [6.07, 6.45) is 2.94. The van der Waals surface area contributed by atoms with Crippen molar-refractivity contribution in [3.8, 4) is 0 Å². The maximum absolute atomic E-state index is 4.63. The van der Waals surface area contributed by atoms with Crippen LogP contribution in [-0.4, -0.2) is 16.8 Å². The monoisotopic (exact) mass is 335 g/mol. The topological polar surface area (TPSA) is 29.9 Å². The van der Waals surface area contributed by atoms with Crippen LogP contribution in [-0.2, 0) is 6.42 Å². The van der Waals surface area contributed by atoms with Crippen LogP contribution in [0.15, 0.2) is 34.9 Å². The predicted molar refractivity (Wildman–Crippen MR) is 87.0 cm³/mol. The molecule has 108 valence electrons. The van der Waals surface area contributed by atoms with E-state index in [9.17, 15) is 0 Å². The van der Waals surface area contributed by atoms with Gasteiger partial charge in [0, 0.05) is 29.2 Å². The third kappa shape index (κ3) is 3.49. The van der Waals surface area contributed by atoms with Crippen molar-refractivity contribution in [1.82, 2.24) is 15.1 Å². The molecule has 0 amide bonds. The van der Waals surface area contributed by atoms with Gasteiger partial charge in [-0.15, -0.1) is 0 Å². The molecule has 1 N–H and O–H groups in total. The van der Waals surface area contributed by atoms with Crippen LogP contribution < -0.4 is 5.32 Å². The summed E-state index contributed by atoms with van der Waals surface area (Å²) in [5.74, 6) is 0. The summed E-state index contributed by atoms with van der Waals surface area (Å²) < 4.78 is 3.16. The van der Waals surface area contributed by atoms with E-state index in [1.165, 1.54) is 11.1 Å². The maximum Gasteiger partial charge on any atom is 0.0643 e. The van der Waals surface area contributed by atoms with Gasteiger partial charge in [0.05, 0.1) is 5.69 Å². The second-order valence-corrected chi connectivity index (χ2v) is 6.31. The van der Waals surface area contributed by atoms with E-state index in [1.54, 1.807) is 0 Å². The Labute approximate surface area is 129 Å². The lowest BCUT2D eigenvalue weighted by molar-refractivity contribution is 0.514. The highest BCUT2D eigenvalue weighted by atomic mass is 79.9. The number of hydrogen-bond donors (Lipinski definition) is 1. The molecule has 1 atom stereocenters. The van der Waals surface area contributed by atoms with Gasteiger partial charge in [-0.1, -0.05) is 28.1 Å². The van der Waals surface area contributed by atoms with E-state index in [-0.39, 0.29) is 6.04 Å². The molecule has 0 bridgehead atoms. The number of nitrogens with zero attached hydrogens (tertiary/aromatic N) is 2. The first-order valence-electron chi connectivity index (χ1n) is 6.98. The summed E-state index contributed by atoms with van der Waals surface area (Å²) in [7, 11) is 2.00. The van der Waals surface area contributed by atoms with E-state index >= 15 is 0 Å². The number of aromatic nitrogens is 2. The summed E-state index contributed by atoms with van der Waals surface area (Å²) in [5.41, 5.74) is 3.65. The molecular formula is C16H22BrN3. The van der Waals surface area contributed by atoms with Crippen molar-refractivity contribution < 1.29 is 0 Å². The molecule has 0 saturated carbocycles. The van der Waals surface area contributed by atoms with Crippen molar-refractivity contribution in [2.45, 2.75) is 39.3 Å². The molecule has 20 heavy (non-hydrogen) atoms. The Kier molecular flexibility index (Phi) is 5.00. The largest absolute Gasteiger partial charge is 0.313 e. The molecule has 1 heterocycles. The molecule has 0 fully saturated rings. The van der Waals surface area contributed by atoms with Crippen LogP contribution in [0, 0.1) is 6.92 Å². The fraction of sp³-hybridized carbons (Fsp3) is 0.438. The van der Waals surface area contributed by atoms with Crippen LogP contribution in [0.5, 0.6) is 0 Å². The number of hydrogen-bond acceptors (Lipinski definition) is 2. The average Bonchev–Trinajstić information content (AvgIpc) is 2.85. The van der Waals surface area contributed by atoms with Crippen molar-refractivity contribution >= 4 is 15.9 Å². The van der Waals surface area contributed by atoms with Crippen molar-refractivity contribution in [3.05, 3.63) is 51.8 Å². The Hall–Kier alpha value is -1.13. The highest BCUT2D eigenvalue weighted by molar-refractivity contribution is 9.10. The Morgan fingerprint density at radius 3 is 2.60 bits per heavy atom. The van der Waals surface area contributed by atoms with Crippen molar-refractivity contribution in [2.24, 2.45) is 0 Å². The Balaban J connectivity index is 2.19. The van der Waals surface area contributed by atoms with Gasteiger partial charge < -0.3 is 5.32 Å². The van der Waals surface area contributed by atoms with Crippen molar-refractivity contribution in [1.29, 1.82) is 0 Å². The van der Waals surface area contributed by atoms with Gasteiger partial charge in [-0.25, -0.2) is 0 Å². The Bertz CT molecular complexity index is 575. The fourth-order valence-electron chi connectivity index (χ4n) is 2.27. The average molecular weight is 336 g/mol. The fourth-order valence-corrected chi connectivity index (χ4v) is 3.03. The number of halogens is 1. The molecule has 2 aromatic rings. The molecule has 3 nitrogen and oxygen atoms in total. The molecule has 0 radical (unpaired) electrons. The minimum absolute atomic E-state index is 0.264. The molecule has 0 spiro atoms. The Morgan fingerprint density at radius 2 is 2.05 bits per heavy atom. The molecule has 4 heteroatoms. The SMILES string of the molecule is CNC(Cc1ccn(C(C)C)n1)c1ccc(C)cc1Br. The summed E-state index contributed by atoms with van der Waals surface area (Å²) in [6.45, 7) is 6.39. The van der Waals surface area contributed by atoms with Gasteiger partial charge >= 0.3 is 0 Å². The highest BCUT2D eigenvalue weighted by Crippen LogP contribution is 2.26. The van der Waals surface area contributed by atoms with Crippen LogP contribution in [0.2, 0.25) is 0 Å². The first-order valence-corrected chi connectivity index (χ1v) is 7.78. The Morgan fingerprint density at radius 1 is 1.30 bits per heavy atom. The lowest BCUT2D eigenvalue weighted by Crippen LogP contribution is -2.19. The van der Waals surface area contributed by atoms with Crippen LogP contribution in [0.1, 0.15) is 42.8 Å². The highest BCUT2D eigenvalue weighted by Gasteiger charge is 2.15. The zero-order valence-corrected chi connectivity index (χ0v) is 14.1. The predicted octanol–water partition coefficient (Wildman–Crippen LogP) is 4.04. The van der Waals surface area contributed by atoms with Crippen molar-refractivity contribution in [2.75, 3.05) is 7.05 Å². The lowest BCUT2D eigenvalue weighted by Gasteiger charge is -2.17. The van der Waals surface area contributed by atoms with Gasteiger partial charge in [0.25, 0.3) is 0 Å². The quantitative estimate of drug-likeness (QED) is 0.893. The molecule has 0 aliphatic heterocycles. The number of aryl methyl sites for hydroxylation is 1. The van der Waals surface area contributed by atoms with Gasteiger partial charge in [-0.2, -0.15) is 5.10 Å². The van der Waals surface area contributed by atoms with Gasteiger partial charge in [-0.3, -0.25) is 4.68 Å². The van der Waals surface area contributed by atoms with Crippen molar-refractivity contribution in [3.63, 3.8) is 0 Å². The molecule has 0 saturated heterocycles. The molecular weight excluding hydrogens is 314 g/mol. The normalized spacial score (nSPS) is 12.9. The summed E-state index contributed by atoms with van der Waals surface area (Å²) in [4.78, 5) is 0. The number of benzene rings is 1. The molecule has 1 unspecified atom stereocenters.